The third-order valence-electron chi connectivity index (χ3n) is 4.21. The fourth-order valence-electron chi connectivity index (χ4n) is 2.67. The van der Waals surface area contributed by atoms with Crippen LogP contribution in [0.1, 0.15) is 62.0 Å². The minimum absolute atomic E-state index is 0.234. The van der Waals surface area contributed by atoms with E-state index in [1.165, 1.54) is 0 Å². The fourth-order valence-corrected chi connectivity index (χ4v) is 2.67. The lowest BCUT2D eigenvalue weighted by molar-refractivity contribution is 0.0338. The zero-order valence-corrected chi connectivity index (χ0v) is 13.2. The molecule has 0 aromatic carbocycles. The summed E-state index contributed by atoms with van der Waals surface area (Å²) in [6.45, 7) is 5.33. The van der Waals surface area contributed by atoms with Gasteiger partial charge in [-0.2, -0.15) is 0 Å². The monoisotopic (exact) mass is 302 g/mol. The van der Waals surface area contributed by atoms with Gasteiger partial charge in [0.25, 0.3) is 5.91 Å². The Kier molecular flexibility index (Phi) is 3.64. The van der Waals surface area contributed by atoms with E-state index in [0.717, 1.165) is 18.5 Å². The van der Waals surface area contributed by atoms with E-state index >= 15 is 0 Å². The molecule has 0 saturated heterocycles. The summed E-state index contributed by atoms with van der Waals surface area (Å²) in [5, 5.41) is 13.0. The van der Waals surface area contributed by atoms with E-state index in [1.54, 1.807) is 26.2 Å². The van der Waals surface area contributed by atoms with Crippen molar-refractivity contribution in [1.29, 1.82) is 0 Å². The molecule has 0 bridgehead atoms. The topological polar surface area (TPSA) is 90.9 Å². The lowest BCUT2D eigenvalue weighted by Crippen LogP contribution is -2.48. The number of rotatable bonds is 5. The largest absolute Gasteiger partial charge is 0.388 e. The smallest absolute Gasteiger partial charge is 0.255 e. The Morgan fingerprint density at radius 2 is 2.27 bits per heavy atom. The quantitative estimate of drug-likeness (QED) is 0.789. The number of nitrogens with one attached hydrogen (secondary N) is 2. The number of nitrogens with zero attached hydrogens (tertiary/aromatic N) is 2. The molecule has 2 heterocycles. The Hall–Kier alpha value is -1.95. The van der Waals surface area contributed by atoms with E-state index < -0.39 is 5.60 Å². The van der Waals surface area contributed by atoms with Crippen LogP contribution in [0.5, 0.6) is 0 Å². The van der Waals surface area contributed by atoms with E-state index in [2.05, 4.69) is 20.3 Å². The molecule has 1 saturated carbocycles. The van der Waals surface area contributed by atoms with Crippen LogP contribution in [0.25, 0.3) is 11.2 Å². The number of hydrogen-bond acceptors (Lipinski definition) is 4. The highest BCUT2D eigenvalue weighted by atomic mass is 16.3. The summed E-state index contributed by atoms with van der Waals surface area (Å²) in [6.07, 6.45) is 6.35. The molecule has 1 atom stereocenters. The summed E-state index contributed by atoms with van der Waals surface area (Å²) >= 11 is 0. The number of aromatic nitrogens is 3. The van der Waals surface area contributed by atoms with Crippen LogP contribution >= 0.6 is 0 Å². The number of H-pyrrole nitrogens is 1. The summed E-state index contributed by atoms with van der Waals surface area (Å²) in [7, 11) is 0. The number of amides is 1. The van der Waals surface area contributed by atoms with Gasteiger partial charge in [-0.15, -0.1) is 0 Å². The molecule has 6 nitrogen and oxygen atoms in total. The maximum absolute atomic E-state index is 12.5. The molecule has 6 heteroatoms. The van der Waals surface area contributed by atoms with Crippen molar-refractivity contribution < 1.29 is 9.90 Å². The van der Waals surface area contributed by atoms with Crippen molar-refractivity contribution >= 4 is 17.1 Å². The molecule has 2 aromatic rings. The van der Waals surface area contributed by atoms with Gasteiger partial charge in [0, 0.05) is 12.1 Å². The molecule has 0 aliphatic heterocycles. The molecule has 0 spiro atoms. The summed E-state index contributed by atoms with van der Waals surface area (Å²) in [4.78, 5) is 24.5. The van der Waals surface area contributed by atoms with Crippen LogP contribution in [0.3, 0.4) is 0 Å². The normalized spacial score (nSPS) is 16.7. The van der Waals surface area contributed by atoms with Crippen molar-refractivity contribution in [2.75, 3.05) is 0 Å². The van der Waals surface area contributed by atoms with Crippen LogP contribution in [0, 0.1) is 0 Å². The highest BCUT2D eigenvalue weighted by molar-refractivity contribution is 6.04. The van der Waals surface area contributed by atoms with Gasteiger partial charge in [0.2, 0.25) is 0 Å². The molecule has 22 heavy (non-hydrogen) atoms. The molecular weight excluding hydrogens is 280 g/mol. The lowest BCUT2D eigenvalue weighted by Gasteiger charge is -2.29. The predicted octanol–water partition coefficient (Wildman–Crippen LogP) is 2.11. The fraction of sp³-hybridized carbons (Fsp3) is 0.562. The Balaban J connectivity index is 1.88. The number of carbonyl (C=O) groups is 1. The van der Waals surface area contributed by atoms with Crippen molar-refractivity contribution in [3.05, 3.63) is 23.7 Å². The van der Waals surface area contributed by atoms with Gasteiger partial charge in [-0.1, -0.05) is 6.92 Å². The molecule has 1 amide bonds. The molecule has 2 aromatic heterocycles. The number of hydrogen-bond donors (Lipinski definition) is 3. The van der Waals surface area contributed by atoms with Gasteiger partial charge in [-0.25, -0.2) is 9.97 Å². The first-order valence-electron chi connectivity index (χ1n) is 7.77. The zero-order valence-electron chi connectivity index (χ0n) is 13.2. The van der Waals surface area contributed by atoms with Crippen molar-refractivity contribution in [1.82, 2.24) is 20.3 Å². The van der Waals surface area contributed by atoms with E-state index in [-0.39, 0.29) is 11.9 Å². The summed E-state index contributed by atoms with van der Waals surface area (Å²) in [5.74, 6) is 0.255. The van der Waals surface area contributed by atoms with Crippen molar-refractivity contribution in [2.45, 2.75) is 57.6 Å². The highest BCUT2D eigenvalue weighted by Crippen LogP contribution is 2.39. The Morgan fingerprint density at radius 1 is 1.55 bits per heavy atom. The van der Waals surface area contributed by atoms with Crippen molar-refractivity contribution in [3.8, 4) is 0 Å². The number of fused-ring (bicyclic) bond motifs is 1. The third kappa shape index (κ3) is 2.83. The first-order chi connectivity index (χ1) is 10.4. The molecular formula is C16H22N4O2. The van der Waals surface area contributed by atoms with Gasteiger partial charge in [0.05, 0.1) is 29.1 Å². The van der Waals surface area contributed by atoms with Crippen molar-refractivity contribution in [2.24, 2.45) is 0 Å². The molecule has 0 radical (unpaired) electrons. The van der Waals surface area contributed by atoms with Gasteiger partial charge in [0.1, 0.15) is 5.52 Å². The van der Waals surface area contributed by atoms with Crippen LogP contribution in [-0.2, 0) is 0 Å². The number of carbonyl (C=O) groups excluding carboxylic acids is 1. The average molecular weight is 302 g/mol. The summed E-state index contributed by atoms with van der Waals surface area (Å²) in [6, 6.07) is -0.315. The van der Waals surface area contributed by atoms with Gasteiger partial charge >= 0.3 is 0 Å². The second kappa shape index (κ2) is 5.35. The molecule has 118 valence electrons. The first kappa shape index (κ1) is 15.0. The minimum atomic E-state index is -0.971. The molecule has 1 aliphatic rings. The first-order valence-corrected chi connectivity index (χ1v) is 7.77. The minimum Gasteiger partial charge on any atom is -0.388 e. The van der Waals surface area contributed by atoms with Crippen LogP contribution in [0.2, 0.25) is 0 Å². The van der Waals surface area contributed by atoms with Crippen molar-refractivity contribution in [3.63, 3.8) is 0 Å². The third-order valence-corrected chi connectivity index (χ3v) is 4.21. The Labute approximate surface area is 129 Å². The lowest BCUT2D eigenvalue weighted by atomic mass is 9.96. The van der Waals surface area contributed by atoms with E-state index in [1.807, 2.05) is 6.92 Å². The SMILES string of the molecule is CCC(NC(=O)c1c[nH]c2ncc(C3CC3)nc12)C(C)(C)O. The van der Waals surface area contributed by atoms with Gasteiger partial charge in [-0.05, 0) is 33.1 Å². The summed E-state index contributed by atoms with van der Waals surface area (Å²) in [5.41, 5.74) is 1.68. The van der Waals surface area contributed by atoms with Crippen LogP contribution < -0.4 is 5.32 Å². The van der Waals surface area contributed by atoms with E-state index in [0.29, 0.717) is 29.1 Å². The summed E-state index contributed by atoms with van der Waals surface area (Å²) < 4.78 is 0. The molecule has 3 N–H and O–H groups in total. The molecule has 1 fully saturated rings. The Morgan fingerprint density at radius 3 is 2.86 bits per heavy atom. The van der Waals surface area contributed by atoms with Crippen LogP contribution in [0.15, 0.2) is 12.4 Å². The second-order valence-electron chi connectivity index (χ2n) is 6.56. The standard InChI is InChI=1S/C16H22N4O2/c1-4-12(16(2,3)22)20-15(21)10-7-17-14-13(10)19-11(8-18-14)9-5-6-9/h7-9,12,22H,4-6H2,1-3H3,(H,17,18)(H,20,21). The highest BCUT2D eigenvalue weighted by Gasteiger charge is 2.29. The molecule has 3 rings (SSSR count). The maximum Gasteiger partial charge on any atom is 0.255 e. The number of aliphatic hydroxyl groups is 1. The van der Waals surface area contributed by atoms with Gasteiger partial charge < -0.3 is 15.4 Å². The van der Waals surface area contributed by atoms with Gasteiger partial charge in [0.15, 0.2) is 5.65 Å². The zero-order chi connectivity index (χ0) is 15.9. The molecule has 1 aliphatic carbocycles. The van der Waals surface area contributed by atoms with Crippen LogP contribution in [0.4, 0.5) is 0 Å². The van der Waals surface area contributed by atoms with E-state index in [4.69, 9.17) is 0 Å². The average Bonchev–Trinajstić information content (AvgIpc) is 3.22. The van der Waals surface area contributed by atoms with Crippen LogP contribution in [-0.4, -0.2) is 37.6 Å². The maximum atomic E-state index is 12.5. The molecule has 1 unspecified atom stereocenters. The Bertz CT molecular complexity index is 698. The second-order valence-corrected chi connectivity index (χ2v) is 6.56. The number of aromatic amines is 1. The van der Waals surface area contributed by atoms with E-state index in [9.17, 15) is 9.90 Å². The van der Waals surface area contributed by atoms with Gasteiger partial charge in [-0.3, -0.25) is 4.79 Å². The predicted molar refractivity (Wildman–Crippen MR) is 83.7 cm³/mol.